The zero-order valence-corrected chi connectivity index (χ0v) is 17.5. The Bertz CT molecular complexity index is 1250. The van der Waals surface area contributed by atoms with Gasteiger partial charge in [-0.15, -0.1) is 11.3 Å². The molecule has 0 saturated carbocycles. The number of aliphatic hydroxyl groups is 1. The number of carbonyl (C=O) groups excluding carboxylic acids is 1. The number of thiophene rings is 1. The molecule has 0 saturated heterocycles. The summed E-state index contributed by atoms with van der Waals surface area (Å²) in [7, 11) is 1.32. The van der Waals surface area contributed by atoms with E-state index < -0.39 is 12.1 Å². The van der Waals surface area contributed by atoms with E-state index >= 15 is 0 Å². The number of methoxy groups -OCH3 is 1. The van der Waals surface area contributed by atoms with E-state index in [1.165, 1.54) is 29.3 Å². The second kappa shape index (κ2) is 9.11. The lowest BCUT2D eigenvalue weighted by Crippen LogP contribution is -2.30. The Morgan fingerprint density at radius 1 is 1.16 bits per heavy atom. The fourth-order valence-electron chi connectivity index (χ4n) is 3.11. The van der Waals surface area contributed by atoms with Gasteiger partial charge in [0.1, 0.15) is 23.3 Å². The van der Waals surface area contributed by atoms with E-state index in [1.807, 2.05) is 36.4 Å². The summed E-state index contributed by atoms with van der Waals surface area (Å²) in [6.45, 7) is 0.0412. The summed E-state index contributed by atoms with van der Waals surface area (Å²) >= 11 is 1.46. The van der Waals surface area contributed by atoms with Gasteiger partial charge in [-0.2, -0.15) is 0 Å². The normalized spacial score (nSPS) is 11.9. The van der Waals surface area contributed by atoms with Gasteiger partial charge in [-0.3, -0.25) is 9.36 Å². The van der Waals surface area contributed by atoms with Crippen molar-refractivity contribution in [3.8, 4) is 16.2 Å². The van der Waals surface area contributed by atoms with Crippen LogP contribution in [0.25, 0.3) is 20.7 Å². The Hall–Kier alpha value is -3.49. The third kappa shape index (κ3) is 4.65. The van der Waals surface area contributed by atoms with Crippen molar-refractivity contribution in [1.29, 1.82) is 0 Å². The van der Waals surface area contributed by atoms with Gasteiger partial charge in [0.2, 0.25) is 0 Å². The molecule has 2 heterocycles. The minimum atomic E-state index is -0.913. The van der Waals surface area contributed by atoms with E-state index in [4.69, 9.17) is 4.74 Å². The molecular formula is C23H20N2O5S. The fraction of sp³-hybridized carbons (Fsp3) is 0.174. The Kier molecular flexibility index (Phi) is 6.11. The minimum absolute atomic E-state index is 0.0129. The lowest BCUT2D eigenvalue weighted by Gasteiger charge is -2.14. The van der Waals surface area contributed by atoms with Crippen LogP contribution in [0.3, 0.4) is 0 Å². The molecule has 158 valence electrons. The number of hydrogen-bond donors (Lipinski definition) is 1. The molecule has 2 aromatic carbocycles. The number of hydrogen-bond acceptors (Lipinski definition) is 7. The van der Waals surface area contributed by atoms with Crippen molar-refractivity contribution >= 4 is 27.5 Å². The Morgan fingerprint density at radius 2 is 1.90 bits per heavy atom. The summed E-state index contributed by atoms with van der Waals surface area (Å²) in [5, 5.41) is 10.9. The van der Waals surface area contributed by atoms with Crippen LogP contribution < -0.4 is 10.3 Å². The maximum atomic E-state index is 12.8. The SMILES string of the molecule is COC(=O)c1ccc(OCC(O)Cn2cnc3sc(-c4ccccc4)cc3c2=O)cc1. The van der Waals surface area contributed by atoms with Crippen molar-refractivity contribution < 1.29 is 19.4 Å². The van der Waals surface area contributed by atoms with Crippen LogP contribution in [-0.4, -0.2) is 40.4 Å². The average Bonchev–Trinajstić information content (AvgIpc) is 3.25. The molecule has 4 rings (SSSR count). The molecule has 0 spiro atoms. The molecule has 8 heteroatoms. The zero-order chi connectivity index (χ0) is 21.8. The highest BCUT2D eigenvalue weighted by Crippen LogP contribution is 2.30. The number of nitrogens with zero attached hydrogens (tertiary/aromatic N) is 2. The van der Waals surface area contributed by atoms with Crippen molar-refractivity contribution in [2.75, 3.05) is 13.7 Å². The molecular weight excluding hydrogens is 416 g/mol. The molecule has 0 amide bonds. The van der Waals surface area contributed by atoms with Gasteiger partial charge >= 0.3 is 5.97 Å². The average molecular weight is 436 g/mol. The molecule has 31 heavy (non-hydrogen) atoms. The number of aliphatic hydroxyl groups excluding tert-OH is 1. The third-order valence-corrected chi connectivity index (χ3v) is 5.79. The molecule has 1 N–H and O–H groups in total. The lowest BCUT2D eigenvalue weighted by molar-refractivity contribution is 0.0600. The van der Waals surface area contributed by atoms with Crippen LogP contribution in [0.5, 0.6) is 5.75 Å². The minimum Gasteiger partial charge on any atom is -0.491 e. The van der Waals surface area contributed by atoms with E-state index in [9.17, 15) is 14.7 Å². The van der Waals surface area contributed by atoms with Crippen LogP contribution in [0.4, 0.5) is 0 Å². The summed E-state index contributed by atoms with van der Waals surface area (Å²) in [4.78, 5) is 30.3. The molecule has 2 aromatic heterocycles. The second-order valence-electron chi connectivity index (χ2n) is 6.88. The van der Waals surface area contributed by atoms with Gasteiger partial charge in [0, 0.05) is 4.88 Å². The smallest absolute Gasteiger partial charge is 0.337 e. The number of fused-ring (bicyclic) bond motifs is 1. The van der Waals surface area contributed by atoms with Crippen LogP contribution in [0.2, 0.25) is 0 Å². The van der Waals surface area contributed by atoms with Crippen molar-refractivity contribution in [1.82, 2.24) is 9.55 Å². The van der Waals surface area contributed by atoms with Crippen LogP contribution in [0, 0.1) is 0 Å². The molecule has 0 radical (unpaired) electrons. The monoisotopic (exact) mass is 436 g/mol. The summed E-state index contributed by atoms with van der Waals surface area (Å²) < 4.78 is 11.6. The highest BCUT2D eigenvalue weighted by Gasteiger charge is 2.13. The van der Waals surface area contributed by atoms with Gasteiger partial charge in [-0.25, -0.2) is 9.78 Å². The number of benzene rings is 2. The van der Waals surface area contributed by atoms with Crippen LogP contribution in [0.15, 0.2) is 71.8 Å². The van der Waals surface area contributed by atoms with Gasteiger partial charge in [-0.1, -0.05) is 30.3 Å². The first-order valence-corrected chi connectivity index (χ1v) is 10.4. The second-order valence-corrected chi connectivity index (χ2v) is 7.91. The van der Waals surface area contributed by atoms with Gasteiger partial charge in [0.05, 0.1) is 30.9 Å². The van der Waals surface area contributed by atoms with E-state index in [0.717, 1.165) is 10.4 Å². The Labute approximate surface area is 182 Å². The molecule has 0 bridgehead atoms. The molecule has 0 aliphatic carbocycles. The molecule has 7 nitrogen and oxygen atoms in total. The maximum Gasteiger partial charge on any atom is 0.337 e. The van der Waals surface area contributed by atoms with E-state index in [-0.39, 0.29) is 18.7 Å². The van der Waals surface area contributed by atoms with Crippen molar-refractivity contribution in [3.05, 3.63) is 82.9 Å². The van der Waals surface area contributed by atoms with Crippen LogP contribution >= 0.6 is 11.3 Å². The number of aromatic nitrogens is 2. The fourth-order valence-corrected chi connectivity index (χ4v) is 4.11. The van der Waals surface area contributed by atoms with Crippen molar-refractivity contribution in [2.45, 2.75) is 12.6 Å². The third-order valence-electron chi connectivity index (χ3n) is 4.70. The van der Waals surface area contributed by atoms with Crippen molar-refractivity contribution in [2.24, 2.45) is 0 Å². The van der Waals surface area contributed by atoms with E-state index in [1.54, 1.807) is 24.3 Å². The van der Waals surface area contributed by atoms with Gasteiger partial charge < -0.3 is 14.6 Å². The highest BCUT2D eigenvalue weighted by atomic mass is 32.1. The van der Waals surface area contributed by atoms with Crippen molar-refractivity contribution in [3.63, 3.8) is 0 Å². The van der Waals surface area contributed by atoms with Gasteiger partial charge in [-0.05, 0) is 35.9 Å². The molecule has 0 aliphatic heterocycles. The first kappa shape index (κ1) is 20.8. The Balaban J connectivity index is 1.43. The van der Waals surface area contributed by atoms with Gasteiger partial charge in [0.15, 0.2) is 0 Å². The molecule has 4 aromatic rings. The number of carbonyl (C=O) groups is 1. The zero-order valence-electron chi connectivity index (χ0n) is 16.7. The first-order chi connectivity index (χ1) is 15.0. The predicted molar refractivity (Wildman–Crippen MR) is 119 cm³/mol. The molecule has 0 fully saturated rings. The summed E-state index contributed by atoms with van der Waals surface area (Å²) in [5.74, 6) is 0.0654. The van der Waals surface area contributed by atoms with Crippen LogP contribution in [0.1, 0.15) is 10.4 Å². The maximum absolute atomic E-state index is 12.8. The number of esters is 1. The first-order valence-electron chi connectivity index (χ1n) is 9.59. The summed E-state index contributed by atoms with van der Waals surface area (Å²) in [5.41, 5.74) is 1.24. The number of rotatable bonds is 7. The summed E-state index contributed by atoms with van der Waals surface area (Å²) in [6, 6.07) is 18.1. The topological polar surface area (TPSA) is 90.7 Å². The number of ether oxygens (including phenoxy) is 2. The Morgan fingerprint density at radius 3 is 2.61 bits per heavy atom. The van der Waals surface area contributed by atoms with Gasteiger partial charge in [0.25, 0.3) is 5.56 Å². The molecule has 1 unspecified atom stereocenters. The lowest BCUT2D eigenvalue weighted by atomic mass is 10.2. The molecule has 1 atom stereocenters. The van der Waals surface area contributed by atoms with E-state index in [0.29, 0.717) is 21.5 Å². The quantitative estimate of drug-likeness (QED) is 0.447. The summed E-state index contributed by atoms with van der Waals surface area (Å²) in [6.07, 6.45) is 0.536. The van der Waals surface area contributed by atoms with E-state index in [2.05, 4.69) is 9.72 Å². The largest absolute Gasteiger partial charge is 0.491 e. The predicted octanol–water partition coefficient (Wildman–Crippen LogP) is 3.35. The molecule has 0 aliphatic rings. The standard InChI is InChI=1S/C23H20N2O5S/c1-29-23(28)16-7-9-18(10-8-16)30-13-17(26)12-25-14-24-21-19(22(25)27)11-20(31-21)15-5-3-2-4-6-15/h2-11,14,17,26H,12-13H2,1H3. The van der Waals surface area contributed by atoms with Crippen LogP contribution in [-0.2, 0) is 11.3 Å². The highest BCUT2D eigenvalue weighted by molar-refractivity contribution is 7.21.